The van der Waals surface area contributed by atoms with Gasteiger partial charge in [0.1, 0.15) is 30.8 Å². The molecule has 7 nitrogen and oxygen atoms in total. The van der Waals surface area contributed by atoms with Crippen molar-refractivity contribution in [3.63, 3.8) is 0 Å². The highest BCUT2D eigenvalue weighted by Gasteiger charge is 2.59. The first-order valence-electron chi connectivity index (χ1n) is 11.4. The number of rotatable bonds is 8. The van der Waals surface area contributed by atoms with Crippen LogP contribution in [0.5, 0.6) is 0 Å². The van der Waals surface area contributed by atoms with Crippen LogP contribution >= 0.6 is 34.7 Å². The van der Waals surface area contributed by atoms with Crippen LogP contribution in [0.3, 0.4) is 0 Å². The molecule has 2 aromatic rings. The summed E-state index contributed by atoms with van der Waals surface area (Å²) < 4.78 is 16.6. The Morgan fingerprint density at radius 1 is 1.53 bits per heavy atom. The molecule has 11 heteroatoms. The summed E-state index contributed by atoms with van der Waals surface area (Å²) in [6.45, 7) is 4.35. The Hall–Kier alpha value is -1.72. The number of hydrogen-bond acceptors (Lipinski definition) is 6. The molecule has 6 atom stereocenters. The van der Waals surface area contributed by atoms with Crippen LogP contribution in [-0.2, 0) is 16.1 Å². The fourth-order valence-electron chi connectivity index (χ4n) is 5.27. The van der Waals surface area contributed by atoms with Crippen LogP contribution in [0.2, 0.25) is 0 Å². The molecule has 34 heavy (non-hydrogen) atoms. The van der Waals surface area contributed by atoms with Gasteiger partial charge in [-0.25, -0.2) is 8.96 Å². The number of fused-ring (bicyclic) bond motifs is 2. The minimum atomic E-state index is -0.759. The number of hydrogen-bond donors (Lipinski definition) is 2. The third-order valence-corrected chi connectivity index (χ3v) is 9.50. The van der Waals surface area contributed by atoms with Crippen LogP contribution in [0.1, 0.15) is 26.0 Å². The molecule has 0 aliphatic carbocycles. The number of nitrogens with one attached hydrogen (secondary N) is 1. The zero-order valence-corrected chi connectivity index (χ0v) is 21.2. The number of aromatic nitrogens is 2. The molecule has 5 heterocycles. The Morgan fingerprint density at radius 3 is 3.03 bits per heavy atom. The lowest BCUT2D eigenvalue weighted by Crippen LogP contribution is -2.63. The number of imidazole rings is 1. The van der Waals surface area contributed by atoms with Crippen molar-refractivity contribution >= 4 is 56.8 Å². The van der Waals surface area contributed by atoms with E-state index in [1.54, 1.807) is 30.0 Å². The largest absolute Gasteiger partial charge is 0.393 e. The van der Waals surface area contributed by atoms with Gasteiger partial charge in [0.15, 0.2) is 0 Å². The number of carbonyl (C=O) groups excluding carboxylic acids is 2. The molecule has 0 aromatic carbocycles. The molecule has 3 aliphatic rings. The first-order chi connectivity index (χ1) is 16.3. The van der Waals surface area contributed by atoms with Crippen LogP contribution in [0.15, 0.2) is 34.6 Å². The Balaban J connectivity index is 1.27. The van der Waals surface area contributed by atoms with Crippen LogP contribution in [0.25, 0.3) is 10.9 Å². The average Bonchev–Trinajstić information content (AvgIpc) is 3.51. The predicted octanol–water partition coefficient (Wildman–Crippen LogP) is 2.57. The maximum Gasteiger partial charge on any atom is 0.269 e. The Morgan fingerprint density at radius 2 is 2.32 bits per heavy atom. The van der Waals surface area contributed by atoms with Crippen molar-refractivity contribution in [2.45, 2.75) is 50.3 Å². The van der Waals surface area contributed by atoms with E-state index in [2.05, 4.69) is 27.2 Å². The summed E-state index contributed by atoms with van der Waals surface area (Å²) >= 11 is 9.15. The third-order valence-electron chi connectivity index (χ3n) is 6.91. The van der Waals surface area contributed by atoms with Crippen molar-refractivity contribution in [1.82, 2.24) is 14.6 Å². The summed E-state index contributed by atoms with van der Waals surface area (Å²) in [7, 11) is 0. The molecule has 0 spiro atoms. The third kappa shape index (κ3) is 4.03. The number of thiazole rings is 1. The lowest BCUT2D eigenvalue weighted by atomic mass is 9.79. The van der Waals surface area contributed by atoms with Gasteiger partial charge in [-0.1, -0.05) is 24.3 Å². The van der Waals surface area contributed by atoms with Crippen molar-refractivity contribution in [3.05, 3.63) is 40.3 Å². The van der Waals surface area contributed by atoms with E-state index in [4.69, 9.17) is 11.6 Å². The van der Waals surface area contributed by atoms with E-state index in [-0.39, 0.29) is 29.2 Å². The molecule has 1 amide bonds. The van der Waals surface area contributed by atoms with Crippen LogP contribution in [-0.4, -0.2) is 62.2 Å². The van der Waals surface area contributed by atoms with E-state index in [0.29, 0.717) is 12.2 Å². The second-order valence-corrected chi connectivity index (χ2v) is 11.7. The lowest BCUT2D eigenvalue weighted by Gasteiger charge is -2.46. The van der Waals surface area contributed by atoms with Crippen LogP contribution < -0.4 is 9.88 Å². The number of aliphatic hydroxyl groups is 1. The molecule has 5 rings (SSSR count). The zero-order valence-electron chi connectivity index (χ0n) is 18.9. The second kappa shape index (κ2) is 9.39. The van der Waals surface area contributed by atoms with Gasteiger partial charge in [0.05, 0.1) is 18.1 Å². The van der Waals surface area contributed by atoms with E-state index < -0.39 is 23.9 Å². The first kappa shape index (κ1) is 24.0. The van der Waals surface area contributed by atoms with Gasteiger partial charge < -0.3 is 15.3 Å². The molecule has 0 radical (unpaired) electrons. The van der Waals surface area contributed by atoms with Crippen molar-refractivity contribution < 1.29 is 23.7 Å². The molecule has 2 N–H and O–H groups in total. The molecule has 0 bridgehead atoms. The maximum absolute atomic E-state index is 12.7. The molecule has 3 aliphatic heterocycles. The Labute approximate surface area is 210 Å². The molecular weight excluding hydrogens is 499 g/mol. The summed E-state index contributed by atoms with van der Waals surface area (Å²) in [5, 5.41) is 15.3. The van der Waals surface area contributed by atoms with Crippen molar-refractivity contribution in [1.29, 1.82) is 0 Å². The lowest BCUT2D eigenvalue weighted by molar-refractivity contribution is -0.695. The quantitative estimate of drug-likeness (QED) is 0.315. The number of amides is 1. The first-order valence-corrected chi connectivity index (χ1v) is 13.5. The van der Waals surface area contributed by atoms with Crippen molar-refractivity contribution in [2.75, 3.05) is 13.2 Å². The predicted molar refractivity (Wildman–Crippen MR) is 131 cm³/mol. The number of thioether (sulfide) groups is 1. The highest BCUT2D eigenvalue weighted by molar-refractivity contribution is 8.03. The fourth-order valence-corrected chi connectivity index (χ4v) is 7.91. The number of carbonyl (C=O) groups is 2. The number of aryl methyl sites for hydroxylation is 1. The van der Waals surface area contributed by atoms with Gasteiger partial charge in [0.2, 0.25) is 17.1 Å². The van der Waals surface area contributed by atoms with Gasteiger partial charge in [0.25, 0.3) is 5.24 Å². The fraction of sp³-hybridized carbons (Fsp3) is 0.522. The molecular formula is C23H27ClFN4O3S2+. The van der Waals surface area contributed by atoms with Crippen molar-refractivity contribution in [3.8, 4) is 0 Å². The second-order valence-electron chi connectivity index (χ2n) is 9.13. The number of alkyl halides is 1. The summed E-state index contributed by atoms with van der Waals surface area (Å²) in [6, 6.07) is -0.0298. The maximum atomic E-state index is 12.7. The minimum absolute atomic E-state index is 0.0431. The Bertz CT molecular complexity index is 1190. The SMILES string of the molecule is C[C@@H](O)[C@H]1C(=O)N2C(C(=O)Cl)=C(S[C@@H]3CN[C@H](/C=C\c4csc5c[n+](CCF)cn45)C3)[C@H](C)[C@H]12. The monoisotopic (exact) mass is 525 g/mol. The minimum Gasteiger partial charge on any atom is -0.393 e. The van der Waals surface area contributed by atoms with E-state index >= 15 is 0 Å². The number of halogens is 2. The van der Waals surface area contributed by atoms with Gasteiger partial charge in [-0.3, -0.25) is 9.59 Å². The van der Waals surface area contributed by atoms with Gasteiger partial charge in [0, 0.05) is 34.0 Å². The van der Waals surface area contributed by atoms with Gasteiger partial charge in [-0.05, 0) is 31.0 Å². The number of allylic oxidation sites excluding steroid dienone is 1. The average molecular weight is 526 g/mol. The summed E-state index contributed by atoms with van der Waals surface area (Å²) in [5.74, 6) is -0.758. The van der Waals surface area contributed by atoms with E-state index in [1.165, 1.54) is 4.90 Å². The smallest absolute Gasteiger partial charge is 0.269 e. The number of nitrogens with zero attached hydrogens (tertiary/aromatic N) is 3. The van der Waals surface area contributed by atoms with Crippen molar-refractivity contribution in [2.24, 2.45) is 11.8 Å². The van der Waals surface area contributed by atoms with E-state index in [1.807, 2.05) is 24.0 Å². The number of aliphatic hydroxyl groups excluding tert-OH is 1. The molecule has 0 saturated carbocycles. The highest BCUT2D eigenvalue weighted by atomic mass is 35.5. The zero-order chi connectivity index (χ0) is 24.1. The normalized spacial score (nSPS) is 30.0. The van der Waals surface area contributed by atoms with Crippen LogP contribution in [0.4, 0.5) is 4.39 Å². The van der Waals surface area contributed by atoms with E-state index in [0.717, 1.165) is 28.4 Å². The Kier molecular flexibility index (Phi) is 6.62. The molecule has 2 fully saturated rings. The summed E-state index contributed by atoms with van der Waals surface area (Å²) in [4.78, 5) is 28.2. The van der Waals surface area contributed by atoms with Gasteiger partial charge >= 0.3 is 0 Å². The van der Waals surface area contributed by atoms with Gasteiger partial charge in [-0.15, -0.1) is 11.8 Å². The summed E-state index contributed by atoms with van der Waals surface area (Å²) in [5.41, 5.74) is 1.34. The van der Waals surface area contributed by atoms with Crippen LogP contribution in [0, 0.1) is 11.8 Å². The topological polar surface area (TPSA) is 77.9 Å². The highest BCUT2D eigenvalue weighted by Crippen LogP contribution is 2.52. The summed E-state index contributed by atoms with van der Waals surface area (Å²) in [6.07, 6.45) is 8.20. The molecule has 0 unspecified atom stereocenters. The van der Waals surface area contributed by atoms with E-state index in [9.17, 15) is 19.1 Å². The molecule has 182 valence electrons. The number of β-lactam (4-membered cyclic amide) rings is 1. The van der Waals surface area contributed by atoms with Gasteiger partial charge in [-0.2, -0.15) is 4.40 Å². The molecule has 2 saturated heterocycles. The standard InChI is InChI=1S/C23H27ClFN4O3S2/c1-12-19-18(13(2)30)23(32)29(19)20(22(24)31)21(12)34-16-7-14(26-8-16)3-4-15-10-33-17-9-27(6-5-25)11-28(15)17/h3-4,9-14,16,18-19,26,30H,5-8H2,1-2H3/q+1/b4-3-/t12-,13-,14-,16+,18-,19-/m1/s1. The molecule has 2 aromatic heterocycles.